The topological polar surface area (TPSA) is 54.4 Å². The van der Waals surface area contributed by atoms with Gasteiger partial charge in [-0.25, -0.2) is 4.98 Å². The predicted molar refractivity (Wildman–Crippen MR) is 82.6 cm³/mol. The zero-order valence-corrected chi connectivity index (χ0v) is 12.0. The fourth-order valence-electron chi connectivity index (χ4n) is 2.87. The van der Waals surface area contributed by atoms with Crippen LogP contribution in [0.5, 0.6) is 5.75 Å². The highest BCUT2D eigenvalue weighted by Crippen LogP contribution is 2.35. The Morgan fingerprint density at radius 1 is 1.10 bits per heavy atom. The minimum absolute atomic E-state index is 0.0312. The molecule has 2 aromatic rings. The molecule has 0 saturated carbocycles. The molecule has 0 spiro atoms. The fourth-order valence-corrected chi connectivity index (χ4v) is 2.87. The average Bonchev–Trinajstić information content (AvgIpc) is 2.55. The van der Waals surface area contributed by atoms with Crippen molar-refractivity contribution in [2.75, 3.05) is 25.1 Å². The van der Waals surface area contributed by atoms with Crippen molar-refractivity contribution >= 4 is 5.82 Å². The van der Waals surface area contributed by atoms with E-state index in [2.05, 4.69) is 10.3 Å². The molecule has 1 aromatic carbocycles. The van der Waals surface area contributed by atoms with E-state index in [1.807, 2.05) is 30.3 Å². The van der Waals surface area contributed by atoms with Gasteiger partial charge >= 0.3 is 0 Å². The van der Waals surface area contributed by atoms with Crippen LogP contribution in [0.25, 0.3) is 0 Å². The van der Waals surface area contributed by atoms with Crippen molar-refractivity contribution in [3.8, 4) is 5.75 Å². The summed E-state index contributed by atoms with van der Waals surface area (Å²) in [7, 11) is 0. The molecule has 2 heterocycles. The average molecular weight is 284 g/mol. The van der Waals surface area contributed by atoms with E-state index in [-0.39, 0.29) is 5.41 Å². The molecular formula is C17H20N2O2. The zero-order valence-electron chi connectivity index (χ0n) is 12.0. The molecule has 0 atom stereocenters. The smallest absolute Gasteiger partial charge is 0.125 e. The lowest BCUT2D eigenvalue weighted by atomic mass is 9.74. The van der Waals surface area contributed by atoms with Gasteiger partial charge < -0.3 is 15.2 Å². The van der Waals surface area contributed by atoms with Gasteiger partial charge in [0.2, 0.25) is 0 Å². The molecule has 0 amide bonds. The second-order valence-corrected chi connectivity index (χ2v) is 5.51. The zero-order chi connectivity index (χ0) is 14.5. The van der Waals surface area contributed by atoms with Gasteiger partial charge in [-0.1, -0.05) is 18.2 Å². The molecule has 2 N–H and O–H groups in total. The van der Waals surface area contributed by atoms with Crippen LogP contribution in [0.4, 0.5) is 5.82 Å². The summed E-state index contributed by atoms with van der Waals surface area (Å²) < 4.78 is 5.53. The molecular weight excluding hydrogens is 264 g/mol. The van der Waals surface area contributed by atoms with Gasteiger partial charge in [-0.3, -0.25) is 0 Å². The molecule has 4 heteroatoms. The van der Waals surface area contributed by atoms with Crippen molar-refractivity contribution in [2.24, 2.45) is 0 Å². The van der Waals surface area contributed by atoms with Gasteiger partial charge in [-0.05, 0) is 42.7 Å². The largest absolute Gasteiger partial charge is 0.508 e. The van der Waals surface area contributed by atoms with Crippen molar-refractivity contribution < 1.29 is 9.84 Å². The summed E-state index contributed by atoms with van der Waals surface area (Å²) >= 11 is 0. The van der Waals surface area contributed by atoms with Crippen LogP contribution >= 0.6 is 0 Å². The predicted octanol–water partition coefficient (Wildman–Crippen LogP) is 2.95. The van der Waals surface area contributed by atoms with Crippen LogP contribution in [0, 0.1) is 0 Å². The number of rotatable bonds is 4. The molecule has 1 aliphatic heterocycles. The number of benzene rings is 1. The maximum atomic E-state index is 9.50. The van der Waals surface area contributed by atoms with Crippen LogP contribution in [0.15, 0.2) is 48.7 Å². The van der Waals surface area contributed by atoms with E-state index >= 15 is 0 Å². The molecule has 1 saturated heterocycles. The van der Waals surface area contributed by atoms with Crippen LogP contribution in [0.1, 0.15) is 18.4 Å². The Morgan fingerprint density at radius 2 is 1.86 bits per heavy atom. The Hall–Kier alpha value is -2.07. The Kier molecular flexibility index (Phi) is 4.06. The Labute approximate surface area is 124 Å². The van der Waals surface area contributed by atoms with E-state index in [1.54, 1.807) is 18.3 Å². The van der Waals surface area contributed by atoms with E-state index in [4.69, 9.17) is 4.74 Å². The number of nitrogens with one attached hydrogen (secondary N) is 1. The number of ether oxygens (including phenoxy) is 1. The molecule has 1 fully saturated rings. The number of nitrogens with zero attached hydrogens (tertiary/aromatic N) is 1. The molecule has 0 bridgehead atoms. The Bertz CT molecular complexity index is 563. The van der Waals surface area contributed by atoms with E-state index in [0.717, 1.165) is 38.4 Å². The summed E-state index contributed by atoms with van der Waals surface area (Å²) in [5.74, 6) is 1.20. The maximum Gasteiger partial charge on any atom is 0.125 e. The van der Waals surface area contributed by atoms with E-state index in [9.17, 15) is 5.11 Å². The number of aromatic nitrogens is 1. The summed E-state index contributed by atoms with van der Waals surface area (Å²) in [5, 5.41) is 12.9. The third-order valence-electron chi connectivity index (χ3n) is 4.20. The lowest BCUT2D eigenvalue weighted by Gasteiger charge is -2.38. The highest BCUT2D eigenvalue weighted by atomic mass is 16.5. The summed E-state index contributed by atoms with van der Waals surface area (Å²) in [6.45, 7) is 2.35. The van der Waals surface area contributed by atoms with Gasteiger partial charge in [-0.15, -0.1) is 0 Å². The van der Waals surface area contributed by atoms with Gasteiger partial charge in [0.05, 0.1) is 0 Å². The highest BCUT2D eigenvalue weighted by molar-refractivity contribution is 5.38. The second kappa shape index (κ2) is 6.14. The summed E-state index contributed by atoms with van der Waals surface area (Å²) in [6, 6.07) is 13.4. The normalized spacial score (nSPS) is 17.3. The van der Waals surface area contributed by atoms with Crippen LogP contribution in [-0.4, -0.2) is 29.8 Å². The van der Waals surface area contributed by atoms with Gasteiger partial charge in [0.1, 0.15) is 11.6 Å². The van der Waals surface area contributed by atoms with E-state index in [0.29, 0.717) is 5.75 Å². The van der Waals surface area contributed by atoms with Crippen molar-refractivity contribution in [3.63, 3.8) is 0 Å². The first-order valence-electron chi connectivity index (χ1n) is 7.31. The number of hydrogen-bond acceptors (Lipinski definition) is 4. The summed E-state index contributed by atoms with van der Waals surface area (Å²) in [4.78, 5) is 4.32. The van der Waals surface area contributed by atoms with Crippen molar-refractivity contribution in [1.29, 1.82) is 0 Å². The second-order valence-electron chi connectivity index (χ2n) is 5.51. The number of aromatic hydroxyl groups is 1. The minimum Gasteiger partial charge on any atom is -0.508 e. The monoisotopic (exact) mass is 284 g/mol. The number of hydrogen-bond donors (Lipinski definition) is 2. The quantitative estimate of drug-likeness (QED) is 0.906. The lowest BCUT2D eigenvalue weighted by Crippen LogP contribution is -2.40. The third kappa shape index (κ3) is 3.16. The molecule has 110 valence electrons. The highest BCUT2D eigenvalue weighted by Gasteiger charge is 2.34. The Morgan fingerprint density at radius 3 is 2.52 bits per heavy atom. The summed E-state index contributed by atoms with van der Waals surface area (Å²) in [6.07, 6.45) is 3.73. The maximum absolute atomic E-state index is 9.50. The van der Waals surface area contributed by atoms with Gasteiger partial charge in [0, 0.05) is 31.4 Å². The van der Waals surface area contributed by atoms with Crippen LogP contribution in [-0.2, 0) is 10.2 Å². The van der Waals surface area contributed by atoms with Crippen molar-refractivity contribution in [1.82, 2.24) is 4.98 Å². The lowest BCUT2D eigenvalue weighted by molar-refractivity contribution is 0.0543. The minimum atomic E-state index is 0.0312. The molecule has 4 nitrogen and oxygen atoms in total. The molecule has 21 heavy (non-hydrogen) atoms. The fraction of sp³-hybridized carbons (Fsp3) is 0.353. The number of phenols is 1. The number of pyridine rings is 1. The molecule has 1 aliphatic rings. The number of anilines is 1. The molecule has 0 radical (unpaired) electrons. The van der Waals surface area contributed by atoms with Gasteiger partial charge in [-0.2, -0.15) is 0 Å². The third-order valence-corrected chi connectivity index (χ3v) is 4.20. The van der Waals surface area contributed by atoms with Gasteiger partial charge in [0.25, 0.3) is 0 Å². The molecule has 3 rings (SSSR count). The first-order valence-corrected chi connectivity index (χ1v) is 7.31. The molecule has 1 aromatic heterocycles. The van der Waals surface area contributed by atoms with Crippen molar-refractivity contribution in [2.45, 2.75) is 18.3 Å². The molecule has 0 aliphatic carbocycles. The first kappa shape index (κ1) is 13.9. The van der Waals surface area contributed by atoms with E-state index < -0.39 is 0 Å². The standard InChI is InChI=1S/C17H20N2O2/c20-15-6-4-14(5-7-15)17(8-11-21-12-9-17)13-19-16-3-1-2-10-18-16/h1-7,10,20H,8-9,11-13H2,(H,18,19). The van der Waals surface area contributed by atoms with Crippen molar-refractivity contribution in [3.05, 3.63) is 54.2 Å². The molecule has 0 unspecified atom stereocenters. The van der Waals surface area contributed by atoms with Gasteiger partial charge in [0.15, 0.2) is 0 Å². The first-order chi connectivity index (χ1) is 10.3. The summed E-state index contributed by atoms with van der Waals surface area (Å²) in [5.41, 5.74) is 1.27. The van der Waals surface area contributed by atoms with Crippen LogP contribution in [0.2, 0.25) is 0 Å². The van der Waals surface area contributed by atoms with Crippen LogP contribution < -0.4 is 5.32 Å². The van der Waals surface area contributed by atoms with E-state index in [1.165, 1.54) is 5.56 Å². The SMILES string of the molecule is Oc1ccc(C2(CNc3ccccn3)CCOCC2)cc1. The number of phenolic OH excluding ortho intramolecular Hbond substituents is 1. The van der Waals surface area contributed by atoms with Crippen LogP contribution in [0.3, 0.4) is 0 Å². The Balaban J connectivity index is 1.81.